The van der Waals surface area contributed by atoms with Crippen LogP contribution in [0, 0.1) is 0 Å². The third-order valence-corrected chi connectivity index (χ3v) is 11.4. The van der Waals surface area contributed by atoms with Gasteiger partial charge in [-0.25, -0.2) is 0 Å². The lowest BCUT2D eigenvalue weighted by Crippen LogP contribution is -2.33. The second-order valence-electron chi connectivity index (χ2n) is 13.7. The van der Waals surface area contributed by atoms with Crippen LogP contribution in [0.15, 0.2) is 107 Å². The molecule has 342 valence electrons. The highest BCUT2D eigenvalue weighted by atomic mass is 32.2. The molecule has 0 radical (unpaired) electrons. The Kier molecular flexibility index (Phi) is 16.2. The molecule has 65 heavy (non-hydrogen) atoms. The predicted molar refractivity (Wildman–Crippen MR) is 248 cm³/mol. The smallest absolute Gasteiger partial charge is 0.297 e. The highest BCUT2D eigenvalue weighted by Gasteiger charge is 2.21. The Bertz CT molecular complexity index is 2780. The molecule has 2 aromatic heterocycles. The van der Waals surface area contributed by atoms with Gasteiger partial charge in [-0.1, -0.05) is 60.7 Å². The third-order valence-electron chi connectivity index (χ3n) is 9.16. The molecule has 22 nitrogen and oxygen atoms in total. The number of hydrogen-bond acceptors (Lipinski definition) is 21. The van der Waals surface area contributed by atoms with E-state index in [1.165, 1.54) is 36.4 Å². The molecular formula is C41H48N14O8S2. The molecule has 0 atom stereocenters. The maximum Gasteiger partial charge on any atom is 0.297 e. The van der Waals surface area contributed by atoms with Gasteiger partial charge in [-0.3, -0.25) is 8.74 Å². The van der Waals surface area contributed by atoms with Gasteiger partial charge in [0.1, 0.15) is 9.79 Å². The Morgan fingerprint density at radius 2 is 0.938 bits per heavy atom. The summed E-state index contributed by atoms with van der Waals surface area (Å²) in [5.74, 6) is 0.675. The topological polar surface area (TPSA) is 322 Å². The molecule has 0 fully saturated rings. The Morgan fingerprint density at radius 1 is 0.554 bits per heavy atom. The summed E-state index contributed by atoms with van der Waals surface area (Å²) in [6, 6.07) is 26.6. The molecule has 0 aliphatic carbocycles. The van der Waals surface area contributed by atoms with Gasteiger partial charge in [-0.15, -0.1) is 0 Å². The molecule has 4 aromatic carbocycles. The van der Waals surface area contributed by atoms with Crippen molar-refractivity contribution >= 4 is 90.8 Å². The van der Waals surface area contributed by atoms with Gasteiger partial charge in [0.2, 0.25) is 35.7 Å². The number of anilines is 10. The largest absolute Gasteiger partial charge is 0.395 e. The summed E-state index contributed by atoms with van der Waals surface area (Å²) in [5.41, 5.74) is 13.5. The minimum absolute atomic E-state index is 0.00178. The quantitative estimate of drug-likeness (QED) is 0.0253. The number of aliphatic hydroxyl groups excluding tert-OH is 2. The maximum absolute atomic E-state index is 13.3. The highest BCUT2D eigenvalue weighted by Crippen LogP contribution is 2.30. The average Bonchev–Trinajstić information content (AvgIpc) is 3.29. The van der Waals surface area contributed by atoms with Gasteiger partial charge in [-0.2, -0.15) is 46.7 Å². The maximum atomic E-state index is 13.3. The van der Waals surface area contributed by atoms with Crippen LogP contribution in [0.3, 0.4) is 0 Å². The van der Waals surface area contributed by atoms with Crippen molar-refractivity contribution < 1.29 is 35.8 Å². The molecule has 24 heteroatoms. The van der Waals surface area contributed by atoms with E-state index in [4.69, 9.17) is 15.7 Å². The molecular weight excluding hydrogens is 881 g/mol. The summed E-state index contributed by atoms with van der Waals surface area (Å²) < 4.78 is 67.5. The fourth-order valence-corrected chi connectivity index (χ4v) is 7.77. The Hall–Kier alpha value is -6.90. The summed E-state index contributed by atoms with van der Waals surface area (Å²) in [7, 11) is -8.26. The number of aromatic nitrogens is 6. The van der Waals surface area contributed by atoms with Gasteiger partial charge in [0.25, 0.3) is 20.2 Å². The average molecular weight is 929 g/mol. The standard InChI is InChI=1S/C41H48N14O8S2/c1-63-65(61,62)35-27-33(47-39-49-37(45-31-10-6-3-7-11-31)51-41(53-39)55(21-19-43)23-25-57)17-15-29(35)13-12-28-14-16-32(26-34(28)64(58,59)60)46-38-48-36(44-30-8-4-2-5-9-30)50-40(52-38)54(20-18-42)22-24-56/h2-17,26-27,56-57H,18-25,42-43H2,1H3,(H,58,59,60)(H2,44,46,48,50,52)(H2,45,47,49,51,53)/b13-12+. The summed E-state index contributed by atoms with van der Waals surface area (Å²) in [5, 5.41) is 31.6. The summed E-state index contributed by atoms with van der Waals surface area (Å²) in [4.78, 5) is 29.4. The second-order valence-corrected chi connectivity index (χ2v) is 16.8. The zero-order chi connectivity index (χ0) is 46.4. The predicted octanol–water partition coefficient (Wildman–Crippen LogP) is 3.30. The molecule has 0 aliphatic rings. The SMILES string of the molecule is COS(=O)(=O)c1cc(Nc2nc(Nc3ccccc3)nc(N(CCN)CCO)n2)ccc1/C=C/c1ccc(Nc2nc(Nc3ccccc3)nc(N(CCN)CCO)n2)cc1S(=O)(=O)O. The molecule has 11 N–H and O–H groups in total. The van der Waals surface area contributed by atoms with Crippen LogP contribution in [0.1, 0.15) is 11.1 Å². The molecule has 0 bridgehead atoms. The van der Waals surface area contributed by atoms with Crippen molar-refractivity contribution in [3.63, 3.8) is 0 Å². The first-order valence-corrected chi connectivity index (χ1v) is 22.7. The van der Waals surface area contributed by atoms with Crippen LogP contribution in [0.2, 0.25) is 0 Å². The Labute approximate surface area is 375 Å². The molecule has 2 heterocycles. The van der Waals surface area contributed by atoms with Gasteiger partial charge in [0.05, 0.1) is 20.3 Å². The Morgan fingerprint density at radius 3 is 1.31 bits per heavy atom. The highest BCUT2D eigenvalue weighted by molar-refractivity contribution is 7.87. The lowest BCUT2D eigenvalue weighted by Gasteiger charge is -2.22. The number of aliphatic hydroxyl groups is 2. The van der Waals surface area contributed by atoms with Gasteiger partial charge >= 0.3 is 0 Å². The van der Waals surface area contributed by atoms with Gasteiger partial charge in [0.15, 0.2) is 0 Å². The summed E-state index contributed by atoms with van der Waals surface area (Å²) in [6.45, 7) is 1.04. The molecule has 0 unspecified atom stereocenters. The Balaban J connectivity index is 1.32. The third kappa shape index (κ3) is 13.1. The number of nitrogens with two attached hydrogens (primary N) is 2. The van der Waals surface area contributed by atoms with Gasteiger partial charge in [0, 0.05) is 62.0 Å². The number of hydrogen-bond donors (Lipinski definition) is 9. The number of benzene rings is 4. The van der Waals surface area contributed by atoms with Gasteiger partial charge in [-0.05, 0) is 59.7 Å². The van der Waals surface area contributed by atoms with Crippen molar-refractivity contribution in [3.8, 4) is 0 Å². The summed E-state index contributed by atoms with van der Waals surface area (Å²) in [6.07, 6.45) is 2.67. The van der Waals surface area contributed by atoms with Crippen LogP contribution in [0.25, 0.3) is 12.2 Å². The number of nitrogens with zero attached hydrogens (tertiary/aromatic N) is 8. The summed E-state index contributed by atoms with van der Waals surface area (Å²) >= 11 is 0. The van der Waals surface area contributed by atoms with E-state index in [0.29, 0.717) is 24.5 Å². The second kappa shape index (κ2) is 22.1. The normalized spacial score (nSPS) is 11.7. The van der Waals surface area contributed by atoms with E-state index >= 15 is 0 Å². The van der Waals surface area contributed by atoms with Crippen molar-refractivity contribution in [1.82, 2.24) is 29.9 Å². The van der Waals surface area contributed by atoms with Gasteiger partial charge < -0.3 is 52.7 Å². The van der Waals surface area contributed by atoms with Crippen LogP contribution >= 0.6 is 0 Å². The van der Waals surface area contributed by atoms with Crippen LogP contribution < -0.4 is 42.5 Å². The van der Waals surface area contributed by atoms with Crippen molar-refractivity contribution in [1.29, 1.82) is 0 Å². The van der Waals surface area contributed by atoms with Crippen LogP contribution in [0.4, 0.5) is 58.4 Å². The molecule has 0 aliphatic heterocycles. The lowest BCUT2D eigenvalue weighted by atomic mass is 10.1. The number of nitrogens with one attached hydrogen (secondary N) is 4. The molecule has 6 rings (SSSR count). The first kappa shape index (κ1) is 47.6. The van der Waals surface area contributed by atoms with Crippen molar-refractivity contribution in [3.05, 3.63) is 108 Å². The van der Waals surface area contributed by atoms with E-state index in [0.717, 1.165) is 13.2 Å². The van der Waals surface area contributed by atoms with Crippen LogP contribution in [-0.4, -0.2) is 121 Å². The fourth-order valence-electron chi connectivity index (χ4n) is 6.18. The monoisotopic (exact) mass is 928 g/mol. The lowest BCUT2D eigenvalue weighted by molar-refractivity contribution is 0.301. The number of rotatable bonds is 23. The zero-order valence-electron chi connectivity index (χ0n) is 35.0. The molecule has 0 spiro atoms. The van der Waals surface area contributed by atoms with Crippen molar-refractivity contribution in [2.75, 3.05) is 90.7 Å². The molecule has 6 aromatic rings. The van der Waals surface area contributed by atoms with Crippen LogP contribution in [-0.2, 0) is 24.4 Å². The zero-order valence-corrected chi connectivity index (χ0v) is 36.6. The van der Waals surface area contributed by atoms with E-state index < -0.39 is 25.1 Å². The fraction of sp³-hybridized carbons (Fsp3) is 0.220. The van der Waals surface area contributed by atoms with E-state index in [1.54, 1.807) is 28.0 Å². The molecule has 0 amide bonds. The van der Waals surface area contributed by atoms with E-state index in [1.807, 2.05) is 48.5 Å². The first-order chi connectivity index (χ1) is 31.3. The number of para-hydroxylation sites is 2. The van der Waals surface area contributed by atoms with E-state index in [-0.39, 0.29) is 102 Å². The minimum atomic E-state index is -4.87. The minimum Gasteiger partial charge on any atom is -0.395 e. The van der Waals surface area contributed by atoms with Crippen molar-refractivity contribution in [2.24, 2.45) is 11.5 Å². The first-order valence-electron chi connectivity index (χ1n) is 19.9. The van der Waals surface area contributed by atoms with E-state index in [2.05, 4.69) is 51.2 Å². The molecule has 0 saturated heterocycles. The van der Waals surface area contributed by atoms with Crippen molar-refractivity contribution in [2.45, 2.75) is 9.79 Å². The van der Waals surface area contributed by atoms with Crippen LogP contribution in [0.5, 0.6) is 0 Å². The molecule has 0 saturated carbocycles. The van der Waals surface area contributed by atoms with E-state index in [9.17, 15) is 31.6 Å².